The van der Waals surface area contributed by atoms with Crippen molar-refractivity contribution in [3.63, 3.8) is 0 Å². The first-order valence-corrected chi connectivity index (χ1v) is 12.3. The van der Waals surface area contributed by atoms with E-state index >= 15 is 0 Å². The molecule has 0 unspecified atom stereocenters. The molecule has 1 aromatic carbocycles. The van der Waals surface area contributed by atoms with Crippen molar-refractivity contribution in [3.05, 3.63) is 50.9 Å². The van der Waals surface area contributed by atoms with Gasteiger partial charge in [-0.2, -0.15) is 4.98 Å². The molecule has 1 aliphatic heterocycles. The Morgan fingerprint density at radius 3 is 2.46 bits per heavy atom. The summed E-state index contributed by atoms with van der Waals surface area (Å²) in [5.41, 5.74) is 0.593. The molecule has 2 aromatic heterocycles. The Morgan fingerprint density at radius 2 is 1.86 bits per heavy atom. The molecule has 10 nitrogen and oxygen atoms in total. The summed E-state index contributed by atoms with van der Waals surface area (Å²) < 4.78 is 18.2. The number of ether oxygens (including phenoxy) is 3. The average molecular weight is 548 g/mol. The SMILES string of the molecule is CC=CC(=O)N1CC(OCCn2c(=O)c(-c3c(Cl)c(OC)cc(OC)c3Cl)cc3cnc(NC)nc32)C1. The Labute approximate surface area is 223 Å². The molecular weight excluding hydrogens is 521 g/mol. The lowest BCUT2D eigenvalue weighted by Crippen LogP contribution is -2.54. The summed E-state index contributed by atoms with van der Waals surface area (Å²) in [5.74, 6) is 0.953. The third-order valence-electron chi connectivity index (χ3n) is 6.03. The van der Waals surface area contributed by atoms with Gasteiger partial charge < -0.3 is 24.4 Å². The number of amides is 1. The van der Waals surface area contributed by atoms with E-state index in [2.05, 4.69) is 15.3 Å². The Bertz CT molecular complexity index is 1390. The van der Waals surface area contributed by atoms with Crippen LogP contribution < -0.4 is 20.3 Å². The Balaban J connectivity index is 1.71. The number of carbonyl (C=O) groups excluding carboxylic acids is 1. The van der Waals surface area contributed by atoms with Crippen LogP contribution in [0.3, 0.4) is 0 Å². The number of nitrogens with zero attached hydrogens (tertiary/aromatic N) is 4. The highest BCUT2D eigenvalue weighted by atomic mass is 35.5. The largest absolute Gasteiger partial charge is 0.495 e. The van der Waals surface area contributed by atoms with Crippen molar-refractivity contribution < 1.29 is 19.0 Å². The lowest BCUT2D eigenvalue weighted by molar-refractivity contribution is -0.139. The van der Waals surface area contributed by atoms with Crippen LogP contribution in [0.25, 0.3) is 22.2 Å². The molecule has 1 fully saturated rings. The van der Waals surface area contributed by atoms with E-state index in [4.69, 9.17) is 37.4 Å². The van der Waals surface area contributed by atoms with Gasteiger partial charge in [0.25, 0.3) is 5.56 Å². The molecule has 1 saturated heterocycles. The number of nitrogens with one attached hydrogen (secondary N) is 1. The first-order valence-electron chi connectivity index (χ1n) is 11.5. The lowest BCUT2D eigenvalue weighted by Gasteiger charge is -2.38. The zero-order valence-corrected chi connectivity index (χ0v) is 22.4. The number of methoxy groups -OCH3 is 2. The maximum atomic E-state index is 13.8. The lowest BCUT2D eigenvalue weighted by atomic mass is 10.0. The molecule has 0 saturated carbocycles. The van der Waals surface area contributed by atoms with E-state index in [9.17, 15) is 9.59 Å². The van der Waals surface area contributed by atoms with E-state index in [1.165, 1.54) is 24.9 Å². The molecular formula is C25H27Cl2N5O5. The number of hydrogen-bond donors (Lipinski definition) is 1. The number of halogens is 2. The Kier molecular flexibility index (Phi) is 8.21. The Hall–Kier alpha value is -3.34. The molecule has 3 aromatic rings. The van der Waals surface area contributed by atoms with E-state index in [1.54, 1.807) is 43.3 Å². The van der Waals surface area contributed by atoms with Crippen molar-refractivity contribution >= 4 is 46.1 Å². The molecule has 0 atom stereocenters. The van der Waals surface area contributed by atoms with Crippen LogP contribution in [0.5, 0.6) is 11.5 Å². The second-order valence-corrected chi connectivity index (χ2v) is 9.01. The normalized spacial score (nSPS) is 13.7. The van der Waals surface area contributed by atoms with Gasteiger partial charge in [-0.15, -0.1) is 0 Å². The number of benzene rings is 1. The number of rotatable bonds is 9. The molecule has 196 valence electrons. The van der Waals surface area contributed by atoms with Gasteiger partial charge in [0, 0.05) is 43.4 Å². The number of carbonyl (C=O) groups is 1. The zero-order valence-electron chi connectivity index (χ0n) is 20.9. The van der Waals surface area contributed by atoms with Crippen molar-refractivity contribution in [2.24, 2.45) is 0 Å². The molecule has 0 aliphatic carbocycles. The van der Waals surface area contributed by atoms with E-state index in [0.717, 1.165) is 0 Å². The zero-order chi connectivity index (χ0) is 26.7. The van der Waals surface area contributed by atoms with Crippen LogP contribution in [0.4, 0.5) is 5.95 Å². The summed E-state index contributed by atoms with van der Waals surface area (Å²) in [6.45, 7) is 3.24. The summed E-state index contributed by atoms with van der Waals surface area (Å²) in [6, 6.07) is 3.21. The number of allylic oxidation sites excluding steroid dienone is 1. The van der Waals surface area contributed by atoms with Gasteiger partial charge in [0.05, 0.1) is 49.1 Å². The van der Waals surface area contributed by atoms with Crippen LogP contribution in [0.15, 0.2) is 35.3 Å². The fourth-order valence-electron chi connectivity index (χ4n) is 4.07. The van der Waals surface area contributed by atoms with Gasteiger partial charge in [-0.1, -0.05) is 29.3 Å². The van der Waals surface area contributed by atoms with Crippen LogP contribution >= 0.6 is 23.2 Å². The van der Waals surface area contributed by atoms with Crippen molar-refractivity contribution in [3.8, 4) is 22.6 Å². The van der Waals surface area contributed by atoms with Crippen LogP contribution in [-0.4, -0.2) is 72.4 Å². The summed E-state index contributed by atoms with van der Waals surface area (Å²) in [4.78, 5) is 36.2. The van der Waals surface area contributed by atoms with Gasteiger partial charge in [-0.05, 0) is 19.1 Å². The molecule has 1 amide bonds. The first kappa shape index (κ1) is 26.7. The third-order valence-corrected chi connectivity index (χ3v) is 6.78. The van der Waals surface area contributed by atoms with Crippen molar-refractivity contribution in [2.75, 3.05) is 46.3 Å². The number of fused-ring (bicyclic) bond motifs is 1. The smallest absolute Gasteiger partial charge is 0.260 e. The van der Waals surface area contributed by atoms with Gasteiger partial charge in [0.1, 0.15) is 17.1 Å². The third kappa shape index (κ3) is 5.22. The molecule has 0 radical (unpaired) electrons. The molecule has 3 heterocycles. The second-order valence-electron chi connectivity index (χ2n) is 8.26. The average Bonchev–Trinajstić information content (AvgIpc) is 2.87. The predicted octanol–water partition coefficient (Wildman–Crippen LogP) is 3.63. The molecule has 4 rings (SSSR count). The summed E-state index contributed by atoms with van der Waals surface area (Å²) in [7, 11) is 4.63. The minimum atomic E-state index is -0.366. The number of aromatic nitrogens is 3. The highest BCUT2D eigenvalue weighted by Gasteiger charge is 2.30. The van der Waals surface area contributed by atoms with E-state index in [-0.39, 0.29) is 51.9 Å². The van der Waals surface area contributed by atoms with Crippen LogP contribution in [-0.2, 0) is 16.1 Å². The van der Waals surface area contributed by atoms with Crippen LogP contribution in [0, 0.1) is 0 Å². The second kappa shape index (κ2) is 11.4. The van der Waals surface area contributed by atoms with Gasteiger partial charge in [-0.25, -0.2) is 4.98 Å². The summed E-state index contributed by atoms with van der Waals surface area (Å²) >= 11 is 13.2. The van der Waals surface area contributed by atoms with E-state index in [0.29, 0.717) is 41.6 Å². The minimum absolute atomic E-state index is 0.0453. The number of likely N-dealkylation sites (tertiary alicyclic amines) is 1. The molecule has 0 spiro atoms. The molecule has 12 heteroatoms. The standard InChI is InChI=1S/C25H27Cl2N5O5/c1-5-6-19(33)31-12-15(13-31)37-8-7-32-23-14(11-29-25(28-2)30-23)9-16(24(32)34)20-21(26)17(35-3)10-18(36-4)22(20)27/h5-6,9-11,15H,7-8,12-13H2,1-4H3,(H,28,29,30). The maximum absolute atomic E-state index is 13.8. The van der Waals surface area contributed by atoms with Crippen molar-refractivity contribution in [1.82, 2.24) is 19.4 Å². The number of pyridine rings is 1. The minimum Gasteiger partial charge on any atom is -0.495 e. The molecule has 37 heavy (non-hydrogen) atoms. The maximum Gasteiger partial charge on any atom is 0.260 e. The molecule has 0 bridgehead atoms. The summed E-state index contributed by atoms with van der Waals surface area (Å²) in [6.07, 6.45) is 4.74. The van der Waals surface area contributed by atoms with Crippen LogP contribution in [0.2, 0.25) is 10.0 Å². The van der Waals surface area contributed by atoms with Gasteiger partial charge >= 0.3 is 0 Å². The first-order chi connectivity index (χ1) is 17.8. The number of anilines is 1. The van der Waals surface area contributed by atoms with Crippen molar-refractivity contribution in [1.29, 1.82) is 0 Å². The number of hydrogen-bond acceptors (Lipinski definition) is 8. The fraction of sp³-hybridized carbons (Fsp3) is 0.360. The topological polar surface area (TPSA) is 108 Å². The van der Waals surface area contributed by atoms with Gasteiger partial charge in [0.2, 0.25) is 11.9 Å². The van der Waals surface area contributed by atoms with E-state index < -0.39 is 0 Å². The molecule has 1 N–H and O–H groups in total. The van der Waals surface area contributed by atoms with Crippen molar-refractivity contribution in [2.45, 2.75) is 19.6 Å². The Morgan fingerprint density at radius 1 is 1.19 bits per heavy atom. The van der Waals surface area contributed by atoms with Gasteiger partial charge in [-0.3, -0.25) is 14.2 Å². The fourth-order valence-corrected chi connectivity index (χ4v) is 4.77. The highest BCUT2D eigenvalue weighted by Crippen LogP contribution is 2.45. The monoisotopic (exact) mass is 547 g/mol. The predicted molar refractivity (Wildman–Crippen MR) is 143 cm³/mol. The quantitative estimate of drug-likeness (QED) is 0.404. The highest BCUT2D eigenvalue weighted by molar-refractivity contribution is 6.41. The van der Waals surface area contributed by atoms with Crippen LogP contribution in [0.1, 0.15) is 6.92 Å². The molecule has 1 aliphatic rings. The van der Waals surface area contributed by atoms with Gasteiger partial charge in [0.15, 0.2) is 0 Å². The van der Waals surface area contributed by atoms with E-state index in [1.807, 2.05) is 0 Å². The summed E-state index contributed by atoms with van der Waals surface area (Å²) in [5, 5.41) is 3.86.